The van der Waals surface area contributed by atoms with E-state index in [0.717, 1.165) is 5.39 Å². The number of carbonyl (C=O) groups excluding carboxylic acids is 2. The van der Waals surface area contributed by atoms with Crippen molar-refractivity contribution >= 4 is 34.4 Å². The first-order chi connectivity index (χ1) is 14.4. The molecule has 0 saturated heterocycles. The number of ether oxygens (including phenoxy) is 1. The largest absolute Gasteiger partial charge is 0.463 e. The van der Waals surface area contributed by atoms with Gasteiger partial charge in [-0.05, 0) is 49.9 Å². The number of esters is 1. The number of aromatic nitrogens is 1. The van der Waals surface area contributed by atoms with Crippen LogP contribution in [0.1, 0.15) is 22.8 Å². The van der Waals surface area contributed by atoms with Gasteiger partial charge in [-0.25, -0.2) is 4.79 Å². The van der Waals surface area contributed by atoms with Gasteiger partial charge in [-0.2, -0.15) is 0 Å². The van der Waals surface area contributed by atoms with Crippen LogP contribution in [0.4, 0.5) is 0 Å². The minimum absolute atomic E-state index is 0.00605. The summed E-state index contributed by atoms with van der Waals surface area (Å²) in [5.74, 6) is -1.14. The molecule has 3 aromatic rings. The zero-order valence-corrected chi connectivity index (χ0v) is 17.4. The Hall–Kier alpha value is -3.16. The van der Waals surface area contributed by atoms with Gasteiger partial charge in [-0.3, -0.25) is 14.9 Å². The molecule has 0 fully saturated rings. The van der Waals surface area contributed by atoms with Crippen molar-refractivity contribution in [1.29, 1.82) is 0 Å². The second-order valence-electron chi connectivity index (χ2n) is 6.72. The quantitative estimate of drug-likeness (QED) is 0.397. The number of carbonyl (C=O) groups is 2. The molecule has 0 spiro atoms. The summed E-state index contributed by atoms with van der Waals surface area (Å²) >= 11 is 5.90. The van der Waals surface area contributed by atoms with Crippen molar-refractivity contribution in [2.24, 2.45) is 0 Å². The fourth-order valence-corrected chi connectivity index (χ4v) is 3.38. The van der Waals surface area contributed by atoms with Crippen molar-refractivity contribution in [1.82, 2.24) is 15.6 Å². The Labute approximate surface area is 178 Å². The van der Waals surface area contributed by atoms with Crippen LogP contribution in [-0.4, -0.2) is 36.2 Å². The number of likely N-dealkylation sites (N-methyl/N-ethyl adjacent to an activating group) is 1. The van der Waals surface area contributed by atoms with Crippen LogP contribution in [-0.2, 0) is 16.0 Å². The third-order valence-corrected chi connectivity index (χ3v) is 5.03. The highest BCUT2D eigenvalue weighted by atomic mass is 35.5. The van der Waals surface area contributed by atoms with Crippen LogP contribution in [0.15, 0.2) is 59.4 Å². The SMILES string of the molecule is CCOC(=O)C(Cc1cc(=O)[nH]c2ccccc12)(NC)NC(=O)c1ccc(Cl)cc1. The van der Waals surface area contributed by atoms with Crippen LogP contribution in [0.3, 0.4) is 0 Å². The van der Waals surface area contributed by atoms with E-state index in [1.807, 2.05) is 12.1 Å². The Kier molecular flexibility index (Phi) is 6.54. The molecule has 1 unspecified atom stereocenters. The van der Waals surface area contributed by atoms with E-state index in [1.54, 1.807) is 50.4 Å². The number of fused-ring (bicyclic) bond motifs is 1. The number of H-pyrrole nitrogens is 1. The fourth-order valence-electron chi connectivity index (χ4n) is 3.25. The summed E-state index contributed by atoms with van der Waals surface area (Å²) in [6.07, 6.45) is 0.00605. The molecule has 1 heterocycles. The number of amides is 1. The topological polar surface area (TPSA) is 100 Å². The summed E-state index contributed by atoms with van der Waals surface area (Å²) in [6, 6.07) is 15.0. The van der Waals surface area contributed by atoms with Gasteiger partial charge in [0.25, 0.3) is 5.91 Å². The summed E-state index contributed by atoms with van der Waals surface area (Å²) in [5.41, 5.74) is -0.324. The molecule has 8 heteroatoms. The molecule has 156 valence electrons. The molecular weight excluding hydrogens is 406 g/mol. The van der Waals surface area contributed by atoms with Gasteiger partial charge >= 0.3 is 5.97 Å². The second-order valence-corrected chi connectivity index (χ2v) is 7.15. The maximum absolute atomic E-state index is 12.9. The average molecular weight is 428 g/mol. The number of pyridine rings is 1. The molecule has 0 aliphatic heterocycles. The molecule has 0 radical (unpaired) electrons. The van der Waals surface area contributed by atoms with Gasteiger partial charge in [0.2, 0.25) is 5.56 Å². The highest BCUT2D eigenvalue weighted by Gasteiger charge is 2.41. The molecule has 2 aromatic carbocycles. The van der Waals surface area contributed by atoms with Crippen molar-refractivity contribution in [3.63, 3.8) is 0 Å². The first kappa shape index (κ1) is 21.5. The summed E-state index contributed by atoms with van der Waals surface area (Å²) in [4.78, 5) is 40.8. The third-order valence-electron chi connectivity index (χ3n) is 4.78. The minimum atomic E-state index is -1.58. The summed E-state index contributed by atoms with van der Waals surface area (Å²) < 4.78 is 5.25. The first-order valence-electron chi connectivity index (χ1n) is 9.43. The summed E-state index contributed by atoms with van der Waals surface area (Å²) in [5, 5.41) is 6.91. The molecule has 1 amide bonds. The van der Waals surface area contributed by atoms with E-state index >= 15 is 0 Å². The average Bonchev–Trinajstić information content (AvgIpc) is 2.73. The predicted molar refractivity (Wildman–Crippen MR) is 116 cm³/mol. The van der Waals surface area contributed by atoms with E-state index in [0.29, 0.717) is 21.7 Å². The zero-order valence-electron chi connectivity index (χ0n) is 16.6. The normalized spacial score (nSPS) is 12.9. The summed E-state index contributed by atoms with van der Waals surface area (Å²) in [7, 11) is 1.55. The molecule has 0 saturated carbocycles. The highest BCUT2D eigenvalue weighted by molar-refractivity contribution is 6.30. The van der Waals surface area contributed by atoms with Crippen LogP contribution in [0.2, 0.25) is 5.02 Å². The number of rotatable bonds is 7. The second kappa shape index (κ2) is 9.11. The molecule has 1 atom stereocenters. The lowest BCUT2D eigenvalue weighted by Crippen LogP contribution is -2.65. The van der Waals surface area contributed by atoms with Gasteiger partial charge in [0.1, 0.15) is 0 Å². The molecule has 30 heavy (non-hydrogen) atoms. The Morgan fingerprint density at radius 1 is 1.13 bits per heavy atom. The van der Waals surface area contributed by atoms with Gasteiger partial charge < -0.3 is 15.0 Å². The van der Waals surface area contributed by atoms with Crippen molar-refractivity contribution in [3.05, 3.63) is 81.1 Å². The first-order valence-corrected chi connectivity index (χ1v) is 9.81. The van der Waals surface area contributed by atoms with Crippen LogP contribution < -0.4 is 16.2 Å². The Balaban J connectivity index is 2.04. The van der Waals surface area contributed by atoms with Gasteiger partial charge in [0.15, 0.2) is 5.66 Å². The van der Waals surface area contributed by atoms with Crippen molar-refractivity contribution < 1.29 is 14.3 Å². The minimum Gasteiger partial charge on any atom is -0.463 e. The number of benzene rings is 2. The molecule has 3 N–H and O–H groups in total. The van der Waals surface area contributed by atoms with E-state index < -0.39 is 17.5 Å². The summed E-state index contributed by atoms with van der Waals surface area (Å²) in [6.45, 7) is 1.82. The number of para-hydroxylation sites is 1. The van der Waals surface area contributed by atoms with Crippen LogP contribution in [0.25, 0.3) is 10.9 Å². The van der Waals surface area contributed by atoms with E-state index in [9.17, 15) is 14.4 Å². The van der Waals surface area contributed by atoms with E-state index in [4.69, 9.17) is 16.3 Å². The smallest absolute Gasteiger partial charge is 0.347 e. The van der Waals surface area contributed by atoms with Crippen LogP contribution in [0, 0.1) is 0 Å². The highest BCUT2D eigenvalue weighted by Crippen LogP contribution is 2.21. The fraction of sp³-hybridized carbons (Fsp3) is 0.227. The molecule has 0 aliphatic rings. The number of aromatic amines is 1. The van der Waals surface area contributed by atoms with Crippen molar-refractivity contribution in [3.8, 4) is 0 Å². The Bertz CT molecular complexity index is 1130. The molecule has 0 aliphatic carbocycles. The molecule has 1 aromatic heterocycles. The Morgan fingerprint density at radius 2 is 1.83 bits per heavy atom. The number of hydrogen-bond donors (Lipinski definition) is 3. The van der Waals surface area contributed by atoms with E-state index in [2.05, 4.69) is 15.6 Å². The molecule has 7 nitrogen and oxygen atoms in total. The number of nitrogens with one attached hydrogen (secondary N) is 3. The van der Waals surface area contributed by atoms with E-state index in [1.165, 1.54) is 6.07 Å². The third kappa shape index (κ3) is 4.53. The number of halogens is 1. The van der Waals surface area contributed by atoms with Gasteiger partial charge in [0, 0.05) is 34.0 Å². The monoisotopic (exact) mass is 427 g/mol. The zero-order chi connectivity index (χ0) is 21.7. The maximum Gasteiger partial charge on any atom is 0.347 e. The molecule has 0 bridgehead atoms. The van der Waals surface area contributed by atoms with Crippen LogP contribution >= 0.6 is 11.6 Å². The standard InChI is InChI=1S/C22H22ClN3O4/c1-3-30-21(29)22(24-2,26-20(28)14-8-10-16(23)11-9-14)13-15-12-19(27)25-18-7-5-4-6-17(15)18/h4-12,24H,3,13H2,1-2H3,(H,25,27)(H,26,28). The van der Waals surface area contributed by atoms with E-state index in [-0.39, 0.29) is 18.6 Å². The molecule has 3 rings (SSSR count). The predicted octanol–water partition coefficient (Wildman–Crippen LogP) is 2.63. The lowest BCUT2D eigenvalue weighted by Gasteiger charge is -2.32. The van der Waals surface area contributed by atoms with Gasteiger partial charge in [-0.1, -0.05) is 29.8 Å². The maximum atomic E-state index is 12.9. The molecular formula is C22H22ClN3O4. The number of hydrogen-bond acceptors (Lipinski definition) is 5. The Morgan fingerprint density at radius 3 is 2.50 bits per heavy atom. The van der Waals surface area contributed by atoms with Crippen LogP contribution in [0.5, 0.6) is 0 Å². The van der Waals surface area contributed by atoms with Crippen molar-refractivity contribution in [2.75, 3.05) is 13.7 Å². The van der Waals surface area contributed by atoms with Gasteiger partial charge in [0.05, 0.1) is 6.61 Å². The van der Waals surface area contributed by atoms with Crippen molar-refractivity contribution in [2.45, 2.75) is 19.0 Å². The lowest BCUT2D eigenvalue weighted by atomic mass is 9.96. The lowest BCUT2D eigenvalue weighted by molar-refractivity contribution is -0.152. The van der Waals surface area contributed by atoms with Gasteiger partial charge in [-0.15, -0.1) is 0 Å².